The van der Waals surface area contributed by atoms with Crippen LogP contribution in [0.2, 0.25) is 5.15 Å². The average molecular weight is 378 g/mol. The Hall–Kier alpha value is -1.72. The molecule has 1 unspecified atom stereocenters. The van der Waals surface area contributed by atoms with Crippen LogP contribution in [0.15, 0.2) is 36.4 Å². The number of thiocarbonyl (C=S) groups is 1. The highest BCUT2D eigenvalue weighted by Gasteiger charge is 2.13. The van der Waals surface area contributed by atoms with Gasteiger partial charge in [0.05, 0.1) is 0 Å². The lowest BCUT2D eigenvalue weighted by molar-refractivity contribution is 0.481. The Kier molecular flexibility index (Phi) is 8.09. The van der Waals surface area contributed by atoms with Gasteiger partial charge in [-0.1, -0.05) is 74.5 Å². The van der Waals surface area contributed by atoms with Gasteiger partial charge in [0.2, 0.25) is 0 Å². The average Bonchev–Trinajstić information content (AvgIpc) is 2.59. The molecule has 134 valence electrons. The van der Waals surface area contributed by atoms with Crippen LogP contribution in [0, 0.1) is 0 Å². The first-order valence-corrected chi connectivity index (χ1v) is 9.45. The van der Waals surface area contributed by atoms with Gasteiger partial charge in [-0.05, 0) is 25.6 Å². The van der Waals surface area contributed by atoms with Crippen molar-refractivity contribution in [2.45, 2.75) is 52.0 Å². The number of halogens is 1. The lowest BCUT2D eigenvalue weighted by Crippen LogP contribution is -2.34. The molecule has 0 spiro atoms. The maximum atomic E-state index is 5.97. The molecule has 4 nitrogen and oxygen atoms in total. The van der Waals surface area contributed by atoms with E-state index >= 15 is 0 Å². The van der Waals surface area contributed by atoms with E-state index in [0.29, 0.717) is 16.6 Å². The second-order valence-electron chi connectivity index (χ2n) is 6.03. The summed E-state index contributed by atoms with van der Waals surface area (Å²) in [6.45, 7) is 4.32. The molecule has 0 aliphatic carbocycles. The monoisotopic (exact) mass is 377 g/mol. The molecule has 2 rings (SSSR count). The summed E-state index contributed by atoms with van der Waals surface area (Å²) >= 11 is 11.3. The van der Waals surface area contributed by atoms with Gasteiger partial charge in [-0.2, -0.15) is 0 Å². The summed E-state index contributed by atoms with van der Waals surface area (Å²) in [6, 6.07) is 11.6. The Bertz CT molecular complexity index is 682. The number of rotatable bonds is 8. The zero-order valence-electron chi connectivity index (χ0n) is 14.7. The van der Waals surface area contributed by atoms with Crippen LogP contribution < -0.4 is 10.1 Å². The highest BCUT2D eigenvalue weighted by molar-refractivity contribution is 7.80. The van der Waals surface area contributed by atoms with Crippen LogP contribution in [-0.4, -0.2) is 21.4 Å². The summed E-state index contributed by atoms with van der Waals surface area (Å²) in [5, 5.41) is 11.9. The van der Waals surface area contributed by atoms with Gasteiger partial charge in [-0.15, -0.1) is 10.2 Å². The smallest absolute Gasteiger partial charge is 0.262 e. The molecule has 1 heterocycles. The van der Waals surface area contributed by atoms with Crippen LogP contribution in [0.4, 0.5) is 0 Å². The lowest BCUT2D eigenvalue weighted by Gasteiger charge is -2.17. The third-order valence-electron chi connectivity index (χ3n) is 3.83. The van der Waals surface area contributed by atoms with Crippen LogP contribution in [0.5, 0.6) is 5.75 Å². The fourth-order valence-electron chi connectivity index (χ4n) is 2.51. The second kappa shape index (κ2) is 10.3. The van der Waals surface area contributed by atoms with Crippen molar-refractivity contribution in [1.29, 1.82) is 0 Å². The Morgan fingerprint density at radius 2 is 1.96 bits per heavy atom. The summed E-state index contributed by atoms with van der Waals surface area (Å²) in [5.41, 5.74) is 1.52. The fraction of sp³-hybridized carbons (Fsp3) is 0.421. The Morgan fingerprint density at radius 3 is 2.68 bits per heavy atom. The van der Waals surface area contributed by atoms with E-state index in [9.17, 15) is 0 Å². The quantitative estimate of drug-likeness (QED) is 0.492. The third-order valence-corrected chi connectivity index (χ3v) is 4.22. The number of nitrogens with one attached hydrogen (secondary N) is 1. The minimum absolute atomic E-state index is 0.259. The van der Waals surface area contributed by atoms with Crippen LogP contribution >= 0.6 is 23.8 Å². The molecule has 0 aliphatic rings. The van der Waals surface area contributed by atoms with E-state index in [2.05, 4.69) is 29.4 Å². The molecular formula is C19H24ClN3OS. The summed E-state index contributed by atoms with van der Waals surface area (Å²) in [4.78, 5) is 0. The normalized spacial score (nSPS) is 11.8. The van der Waals surface area contributed by atoms with Crippen molar-refractivity contribution in [3.05, 3.63) is 41.6 Å². The molecule has 6 heteroatoms. The Labute approximate surface area is 160 Å². The predicted octanol–water partition coefficient (Wildman–Crippen LogP) is 5.41. The van der Waals surface area contributed by atoms with Crippen molar-refractivity contribution < 1.29 is 4.74 Å². The highest BCUT2D eigenvalue weighted by Crippen LogP contribution is 2.29. The van der Waals surface area contributed by atoms with Gasteiger partial charge in [0.15, 0.2) is 10.9 Å². The molecule has 1 N–H and O–H groups in total. The zero-order valence-corrected chi connectivity index (χ0v) is 16.2. The fourth-order valence-corrected chi connectivity index (χ4v) is 2.93. The van der Waals surface area contributed by atoms with Crippen LogP contribution in [-0.2, 0) is 0 Å². The molecule has 0 radical (unpaired) electrons. The maximum Gasteiger partial charge on any atom is 0.262 e. The Balaban J connectivity index is 1.99. The topological polar surface area (TPSA) is 47.0 Å². The van der Waals surface area contributed by atoms with Gasteiger partial charge in [0, 0.05) is 17.7 Å². The van der Waals surface area contributed by atoms with E-state index < -0.39 is 0 Å². The van der Waals surface area contributed by atoms with Gasteiger partial charge in [-0.3, -0.25) is 0 Å². The molecule has 0 saturated heterocycles. The highest BCUT2D eigenvalue weighted by atomic mass is 35.5. The molecule has 0 aliphatic heterocycles. The third kappa shape index (κ3) is 6.59. The molecule has 1 atom stereocenters. The second-order valence-corrected chi connectivity index (χ2v) is 6.79. The van der Waals surface area contributed by atoms with Gasteiger partial charge in [0.25, 0.3) is 5.17 Å². The van der Waals surface area contributed by atoms with Crippen LogP contribution in [0.1, 0.15) is 46.0 Å². The number of hydrogen-bond acceptors (Lipinski definition) is 4. The molecule has 0 fully saturated rings. The first-order chi connectivity index (χ1) is 12.1. The number of ether oxygens (including phenoxy) is 1. The molecular weight excluding hydrogens is 354 g/mol. The van der Waals surface area contributed by atoms with Crippen molar-refractivity contribution in [2.24, 2.45) is 0 Å². The van der Waals surface area contributed by atoms with Crippen molar-refractivity contribution in [2.75, 3.05) is 0 Å². The number of unbranched alkanes of at least 4 members (excludes halogenated alkanes) is 3. The first-order valence-electron chi connectivity index (χ1n) is 8.67. The molecule has 0 saturated carbocycles. The van der Waals surface area contributed by atoms with E-state index in [1.807, 2.05) is 30.3 Å². The van der Waals surface area contributed by atoms with E-state index in [4.69, 9.17) is 28.6 Å². The molecule has 0 bridgehead atoms. The molecule has 2 aromatic rings. The number of nitrogens with zero attached hydrogens (tertiary/aromatic N) is 2. The van der Waals surface area contributed by atoms with Gasteiger partial charge < -0.3 is 10.1 Å². The minimum atomic E-state index is 0.259. The van der Waals surface area contributed by atoms with E-state index in [1.54, 1.807) is 6.07 Å². The predicted molar refractivity (Wildman–Crippen MR) is 107 cm³/mol. The summed E-state index contributed by atoms with van der Waals surface area (Å²) in [6.07, 6.45) is 6.00. The van der Waals surface area contributed by atoms with Crippen molar-refractivity contribution in [3.63, 3.8) is 0 Å². The number of aromatic nitrogens is 2. The summed E-state index contributed by atoms with van der Waals surface area (Å²) in [5.74, 6) is 0.502. The summed E-state index contributed by atoms with van der Waals surface area (Å²) in [7, 11) is 0. The minimum Gasteiger partial charge on any atom is -0.429 e. The standard InChI is InChI=1S/C19H24ClN3OS/c1-3-4-5-7-10-14(2)21-19(25)24-16-13-17(20)22-23-18(16)15-11-8-6-9-12-15/h6,8-9,11-14H,3-5,7,10H2,1-2H3,(H,21,25). The van der Waals surface area contributed by atoms with E-state index in [-0.39, 0.29) is 11.2 Å². The van der Waals surface area contributed by atoms with E-state index in [1.165, 1.54) is 25.7 Å². The van der Waals surface area contributed by atoms with E-state index in [0.717, 1.165) is 12.0 Å². The maximum absolute atomic E-state index is 5.97. The summed E-state index contributed by atoms with van der Waals surface area (Å²) < 4.78 is 5.81. The van der Waals surface area contributed by atoms with Gasteiger partial charge in [-0.25, -0.2) is 0 Å². The van der Waals surface area contributed by atoms with Crippen LogP contribution in [0.25, 0.3) is 11.3 Å². The molecule has 1 aromatic carbocycles. The lowest BCUT2D eigenvalue weighted by atomic mass is 10.1. The van der Waals surface area contributed by atoms with Crippen molar-refractivity contribution >= 4 is 29.0 Å². The van der Waals surface area contributed by atoms with Gasteiger partial charge in [0.1, 0.15) is 5.69 Å². The molecule has 1 aromatic heterocycles. The first kappa shape index (κ1) is 19.6. The van der Waals surface area contributed by atoms with Crippen LogP contribution in [0.3, 0.4) is 0 Å². The zero-order chi connectivity index (χ0) is 18.1. The largest absolute Gasteiger partial charge is 0.429 e. The SMILES string of the molecule is CCCCCCC(C)NC(=S)Oc1cc(Cl)nnc1-c1ccccc1. The van der Waals surface area contributed by atoms with Gasteiger partial charge >= 0.3 is 0 Å². The van der Waals surface area contributed by atoms with Crippen molar-refractivity contribution in [3.8, 4) is 17.0 Å². The Morgan fingerprint density at radius 1 is 1.20 bits per heavy atom. The number of benzene rings is 1. The van der Waals surface area contributed by atoms with Crippen molar-refractivity contribution in [1.82, 2.24) is 15.5 Å². The molecule has 25 heavy (non-hydrogen) atoms. The number of hydrogen-bond donors (Lipinski definition) is 1. The molecule has 0 amide bonds.